The van der Waals surface area contributed by atoms with Gasteiger partial charge in [-0.15, -0.1) is 12.6 Å². The molecule has 1 amide bonds. The first-order valence-corrected chi connectivity index (χ1v) is 24.1. The molecule has 2 aromatic carbocycles. The van der Waals surface area contributed by atoms with Crippen molar-refractivity contribution in [1.82, 2.24) is 5.32 Å². The summed E-state index contributed by atoms with van der Waals surface area (Å²) >= 11 is 0. The topological polar surface area (TPSA) is 307 Å². The average Bonchev–Trinajstić information content (AvgIpc) is 3.44. The summed E-state index contributed by atoms with van der Waals surface area (Å²) in [4.78, 5) is 40.6. The molecule has 0 radical (unpaired) electrons. The number of fused-ring (bicyclic) bond motifs is 2. The fourth-order valence-electron chi connectivity index (χ4n) is 7.32. The minimum Gasteiger partial charge on any atom is -0.748 e. The van der Waals surface area contributed by atoms with E-state index in [-0.39, 0.29) is 62.3 Å². The first-order chi connectivity index (χ1) is 27.5. The van der Waals surface area contributed by atoms with Crippen molar-refractivity contribution < 1.29 is 75.6 Å². The molecule has 61 heavy (non-hydrogen) atoms. The van der Waals surface area contributed by atoms with E-state index in [1.165, 1.54) is 12.1 Å². The molecule has 0 aromatic heterocycles. The van der Waals surface area contributed by atoms with E-state index in [1.54, 1.807) is 55.2 Å². The number of carbonyl (C=O) groups is 3. The van der Waals surface area contributed by atoms with Crippen molar-refractivity contribution in [1.29, 1.82) is 0 Å². The van der Waals surface area contributed by atoms with Crippen LogP contribution in [0, 0.1) is 0 Å². The van der Waals surface area contributed by atoms with Gasteiger partial charge in [-0.1, -0.05) is 34.3 Å². The highest BCUT2D eigenvalue weighted by molar-refractivity contribution is 7.86. The van der Waals surface area contributed by atoms with Gasteiger partial charge in [0.1, 0.15) is 6.54 Å². The number of hydrogen-bond acceptors (Lipinski definition) is 14. The first-order valence-electron chi connectivity index (χ1n) is 18.3. The molecule has 0 spiro atoms. The van der Waals surface area contributed by atoms with Gasteiger partial charge in [0.15, 0.2) is 11.5 Å². The van der Waals surface area contributed by atoms with Gasteiger partial charge in [-0.05, 0) is 57.0 Å². The van der Waals surface area contributed by atoms with Crippen LogP contribution in [-0.2, 0) is 51.8 Å². The van der Waals surface area contributed by atoms with E-state index in [4.69, 9.17) is 12.6 Å². The number of carboxylic acid groups (broad SMARTS) is 1. The molecular formula is C38H51N3O16S4. The molecule has 338 valence electrons. The van der Waals surface area contributed by atoms with Crippen molar-refractivity contribution in [3.8, 4) is 0 Å². The van der Waals surface area contributed by atoms with Crippen molar-refractivity contribution in [2.45, 2.75) is 78.6 Å². The Balaban J connectivity index is 0.00000245. The number of Topliss-reactive ketones (excluding diaryl/α,β-unsaturated/α-hetero) is 1. The van der Waals surface area contributed by atoms with Gasteiger partial charge in [0.05, 0.1) is 32.6 Å². The van der Waals surface area contributed by atoms with Crippen LogP contribution in [0.2, 0.25) is 0 Å². The number of carboxylic acids is 1. The van der Waals surface area contributed by atoms with Gasteiger partial charge in [-0.25, -0.2) is 13.2 Å². The maximum atomic E-state index is 13.7. The van der Waals surface area contributed by atoms with Gasteiger partial charge in [0, 0.05) is 82.9 Å². The Morgan fingerprint density at radius 1 is 0.885 bits per heavy atom. The normalized spacial score (nSPS) is 16.1. The average molecular weight is 934 g/mol. The zero-order chi connectivity index (χ0) is 45.6. The predicted molar refractivity (Wildman–Crippen MR) is 225 cm³/mol. The van der Waals surface area contributed by atoms with Gasteiger partial charge in [-0.2, -0.15) is 21.4 Å². The van der Waals surface area contributed by atoms with Gasteiger partial charge in [-0.3, -0.25) is 18.7 Å². The summed E-state index contributed by atoms with van der Waals surface area (Å²) in [6.07, 6.45) is 5.77. The molecule has 0 saturated heterocycles. The van der Waals surface area contributed by atoms with Crippen LogP contribution in [0.15, 0.2) is 54.3 Å². The van der Waals surface area contributed by atoms with Gasteiger partial charge >= 0.3 is 16.6 Å². The Hall–Kier alpha value is -4.65. The van der Waals surface area contributed by atoms with Crippen LogP contribution in [0.1, 0.15) is 110 Å². The number of allylic oxidation sites excluding steroid dienone is 4. The predicted octanol–water partition coefficient (Wildman–Crippen LogP) is 3.44. The fourth-order valence-corrected chi connectivity index (χ4v) is 8.65. The number of anilines is 1. The third kappa shape index (κ3) is 13.9. The molecule has 0 atom stereocenters. The minimum atomic E-state index is -4.61. The van der Waals surface area contributed by atoms with E-state index in [9.17, 15) is 58.4 Å². The van der Waals surface area contributed by atoms with Crippen molar-refractivity contribution >= 4 is 75.7 Å². The molecule has 19 nitrogen and oxygen atoms in total. The number of rotatable bonds is 18. The molecule has 0 fully saturated rings. The number of ketones is 1. The van der Waals surface area contributed by atoms with Crippen LogP contribution in [0.4, 0.5) is 11.4 Å². The number of aromatic carboxylic acids is 1. The lowest BCUT2D eigenvalue weighted by Gasteiger charge is -2.27. The number of amides is 1. The van der Waals surface area contributed by atoms with Crippen LogP contribution in [0.3, 0.4) is 0 Å². The molecule has 0 unspecified atom stereocenters. The Morgan fingerprint density at radius 3 is 2.03 bits per heavy atom. The largest absolute Gasteiger partial charge is 0.748 e. The van der Waals surface area contributed by atoms with Crippen molar-refractivity contribution in [2.75, 3.05) is 41.8 Å². The number of nitrogens with one attached hydrogen (secondary N) is 1. The molecule has 0 bridgehead atoms. The summed E-state index contributed by atoms with van der Waals surface area (Å²) in [5, 5.41) is 12.2. The molecule has 4 N–H and O–H groups in total. The van der Waals surface area contributed by atoms with E-state index in [0.29, 0.717) is 40.3 Å². The summed E-state index contributed by atoms with van der Waals surface area (Å²) in [7, 11) is -16.4. The van der Waals surface area contributed by atoms with Crippen molar-refractivity contribution in [3.63, 3.8) is 0 Å². The van der Waals surface area contributed by atoms with Crippen molar-refractivity contribution in [3.05, 3.63) is 82.1 Å². The highest BCUT2D eigenvalue weighted by atomic mass is 32.2. The number of nitrogens with zero attached hydrogens (tertiary/aromatic N) is 2. The highest BCUT2D eigenvalue weighted by Gasteiger charge is 2.46. The highest BCUT2D eigenvalue weighted by Crippen LogP contribution is 2.50. The van der Waals surface area contributed by atoms with Crippen LogP contribution in [0.5, 0.6) is 0 Å². The Bertz CT molecular complexity index is 2590. The van der Waals surface area contributed by atoms with E-state index in [1.807, 2.05) is 25.3 Å². The Labute approximate surface area is 357 Å². The molecule has 2 aliphatic rings. The van der Waals surface area contributed by atoms with Crippen LogP contribution < -0.4 is 10.2 Å². The van der Waals surface area contributed by atoms with Crippen LogP contribution in [-0.4, -0.2) is 121 Å². The summed E-state index contributed by atoms with van der Waals surface area (Å²) in [6, 6.07) is 7.65. The maximum Gasteiger partial charge on any atom is 0.425 e. The number of benzene rings is 2. The summed E-state index contributed by atoms with van der Waals surface area (Å²) in [5.74, 6) is -4.09. The molecule has 2 aromatic rings. The van der Waals surface area contributed by atoms with Gasteiger partial charge in [0.25, 0.3) is 26.1 Å². The molecule has 23 heteroatoms. The molecule has 4 rings (SSSR count). The van der Waals surface area contributed by atoms with E-state index in [0.717, 1.165) is 0 Å². The van der Waals surface area contributed by atoms with E-state index in [2.05, 4.69) is 5.32 Å². The quantitative estimate of drug-likeness (QED) is 0.0945. The second-order valence-corrected chi connectivity index (χ2v) is 20.1. The zero-order valence-electron chi connectivity index (χ0n) is 33.4. The third-order valence-electron chi connectivity index (χ3n) is 9.86. The number of hydrogen-bond donors (Lipinski definition) is 4. The zero-order valence-corrected chi connectivity index (χ0v) is 36.6. The van der Waals surface area contributed by atoms with Crippen LogP contribution >= 0.6 is 0 Å². The standard InChI is InChI=1S/C37H47N3O13S3.CH4.O3S/c1-6-10-30(41)25-21-26(34(42)38-15-20-56(51,52)53)33-29(23-25)40(17-9-19-55(48,49)50)32(37(33,4)5)12-7-11-31-36(2,3)27-22-24(35(43)44)13-14-28(27)39(31)16-8-18-54(45,46)47;;1-4(2)3/h7,11-14,21-23H,6,8-10,15-20H2,1-5H3,(H4-,38,42,43,44,45,46,47,48,49,50,51,52,53);1H4;. The Kier molecular flexibility index (Phi) is 17.6. The molecule has 2 heterocycles. The van der Waals surface area contributed by atoms with Crippen LogP contribution in [0.25, 0.3) is 0 Å². The molecule has 0 aliphatic carbocycles. The van der Waals surface area contributed by atoms with Gasteiger partial charge < -0.3 is 19.9 Å². The Morgan fingerprint density at radius 2 is 1.49 bits per heavy atom. The second kappa shape index (κ2) is 20.5. The summed E-state index contributed by atoms with van der Waals surface area (Å²) in [5.41, 5.74) is 1.81. The summed E-state index contributed by atoms with van der Waals surface area (Å²) in [6.45, 7) is 8.87. The fraction of sp³-hybridized carbons (Fsp3) is 0.474. The third-order valence-corrected chi connectivity index (χ3v) is 12.2. The lowest BCUT2D eigenvalue weighted by Crippen LogP contribution is -2.31. The minimum absolute atomic E-state index is 0. The lowest BCUT2D eigenvalue weighted by atomic mass is 9.79. The monoisotopic (exact) mass is 933 g/mol. The van der Waals surface area contributed by atoms with Crippen molar-refractivity contribution in [2.24, 2.45) is 0 Å². The lowest BCUT2D eigenvalue weighted by molar-refractivity contribution is -0.437. The first kappa shape index (κ1) is 52.5. The second-order valence-electron chi connectivity index (χ2n) is 15.0. The summed E-state index contributed by atoms with van der Waals surface area (Å²) < 4.78 is 127. The van der Waals surface area contributed by atoms with Gasteiger partial charge in [0.2, 0.25) is 5.69 Å². The van der Waals surface area contributed by atoms with E-state index < -0.39 is 87.5 Å². The SMILES string of the molecule is C.CCCC(=O)c1cc(C(=O)NCCS(=O)(=O)O)c2c(c1)N(CCCS(=O)(=O)[O-])C(=CC=CC1=[N+](CCCS(=O)(=O)O)c3ccc(C(=O)O)cc3C1(C)C)C2(C)C.O=S(=O)=O. The van der Waals surface area contributed by atoms with E-state index >= 15 is 0 Å². The smallest absolute Gasteiger partial charge is 0.425 e. The molecular weight excluding hydrogens is 883 g/mol. The number of carbonyl (C=O) groups excluding carboxylic acids is 2. The maximum absolute atomic E-state index is 13.7. The molecule has 2 aliphatic heterocycles. The molecule has 0 saturated carbocycles.